The summed E-state index contributed by atoms with van der Waals surface area (Å²) in [5.41, 5.74) is -14.4. The Morgan fingerprint density at radius 1 is 0.857 bits per heavy atom. The van der Waals surface area contributed by atoms with Crippen molar-refractivity contribution >= 4 is 5.97 Å². The maximum absolute atomic E-state index is 14.0. The lowest BCUT2D eigenvalue weighted by atomic mass is 9.53. The second-order valence-corrected chi connectivity index (χ2v) is 9.35. The molecule has 0 aromatic heterocycles. The number of hydrogen-bond acceptors (Lipinski definition) is 3. The molecule has 0 amide bonds. The lowest BCUT2D eigenvalue weighted by Gasteiger charge is -2.55. The molecule has 0 radical (unpaired) electrons. The zero-order chi connectivity index (χ0) is 27.6. The molecule has 0 heterocycles. The fourth-order valence-electron chi connectivity index (χ4n) is 6.84. The van der Waals surface area contributed by atoms with Crippen LogP contribution >= 0.6 is 0 Å². The highest BCUT2D eigenvalue weighted by Crippen LogP contribution is 2.75. The van der Waals surface area contributed by atoms with E-state index in [-0.39, 0.29) is 13.3 Å². The molecule has 206 valence electrons. The molecule has 5 unspecified atom stereocenters. The lowest BCUT2D eigenvalue weighted by Crippen LogP contribution is -2.71. The molecule has 3 nitrogen and oxygen atoms in total. The summed E-state index contributed by atoms with van der Waals surface area (Å²) in [5, 5.41) is 10.4. The van der Waals surface area contributed by atoms with Crippen molar-refractivity contribution in [3.63, 3.8) is 0 Å². The van der Waals surface area contributed by atoms with Crippen LogP contribution in [0.3, 0.4) is 0 Å². The van der Waals surface area contributed by atoms with Crippen molar-refractivity contribution < 1.29 is 67.3 Å². The van der Waals surface area contributed by atoms with Crippen LogP contribution in [0.5, 0.6) is 0 Å². The van der Waals surface area contributed by atoms with Crippen molar-refractivity contribution in [2.45, 2.75) is 88.8 Å². The quantitative estimate of drug-likeness (QED) is 0.300. The first kappa shape index (κ1) is 29.8. The average Bonchev–Trinajstić information content (AvgIpc) is 3.15. The molecule has 0 spiro atoms. The highest BCUT2D eigenvalue weighted by molar-refractivity contribution is 5.66. The Bertz CT molecular complexity index is 769. The van der Waals surface area contributed by atoms with Crippen molar-refractivity contribution in [3.8, 4) is 0 Å². The van der Waals surface area contributed by atoms with E-state index in [1.807, 2.05) is 0 Å². The summed E-state index contributed by atoms with van der Waals surface area (Å²) in [6.45, 7) is 2.78. The van der Waals surface area contributed by atoms with Gasteiger partial charge >= 0.3 is 36.3 Å². The van der Waals surface area contributed by atoms with E-state index in [4.69, 9.17) is 0 Å². The second kappa shape index (κ2) is 8.57. The van der Waals surface area contributed by atoms with Crippen LogP contribution in [0.15, 0.2) is 0 Å². The number of alkyl halides is 12. The van der Waals surface area contributed by atoms with E-state index in [0.717, 1.165) is 6.92 Å². The Kier molecular flexibility index (Phi) is 7.30. The highest BCUT2D eigenvalue weighted by atomic mass is 19.4. The van der Waals surface area contributed by atoms with Crippen LogP contribution in [0.2, 0.25) is 0 Å². The molecule has 35 heavy (non-hydrogen) atoms. The van der Waals surface area contributed by atoms with Gasteiger partial charge in [-0.15, -0.1) is 0 Å². The number of fused-ring (bicyclic) bond motifs is 2. The van der Waals surface area contributed by atoms with Gasteiger partial charge in [0.1, 0.15) is 0 Å². The summed E-state index contributed by atoms with van der Waals surface area (Å²) in [6.07, 6.45) is -30.7. The molecule has 2 aliphatic carbocycles. The number of carbonyl (C=O) groups is 1. The zero-order valence-corrected chi connectivity index (χ0v) is 18.6. The minimum atomic E-state index is -6.48. The van der Waals surface area contributed by atoms with Crippen LogP contribution in [-0.2, 0) is 9.53 Å². The van der Waals surface area contributed by atoms with Gasteiger partial charge in [0.25, 0.3) is 5.60 Å². The molecule has 0 aromatic carbocycles. The summed E-state index contributed by atoms with van der Waals surface area (Å²) in [7, 11) is 0. The molecule has 5 atom stereocenters. The van der Waals surface area contributed by atoms with Crippen LogP contribution < -0.4 is 0 Å². The maximum Gasteiger partial charge on any atom is 0.437 e. The fraction of sp³-hybridized carbons (Fsp3) is 0.950. The minimum Gasteiger partial charge on any atom is -0.440 e. The van der Waals surface area contributed by atoms with E-state index in [2.05, 4.69) is 4.74 Å². The van der Waals surface area contributed by atoms with Crippen LogP contribution in [0, 0.1) is 29.1 Å². The van der Waals surface area contributed by atoms with Gasteiger partial charge in [-0.3, -0.25) is 4.79 Å². The normalized spacial score (nSPS) is 30.6. The number of carbonyl (C=O) groups excluding carboxylic acids is 1. The minimum absolute atomic E-state index is 0.00291. The monoisotopic (exact) mass is 540 g/mol. The van der Waals surface area contributed by atoms with E-state index in [9.17, 15) is 62.6 Å². The van der Waals surface area contributed by atoms with E-state index in [0.29, 0.717) is 0 Å². The van der Waals surface area contributed by atoms with Gasteiger partial charge in [0.2, 0.25) is 0 Å². The summed E-state index contributed by atoms with van der Waals surface area (Å²) in [5.74, 6) is -8.40. The third-order valence-corrected chi connectivity index (χ3v) is 7.87. The van der Waals surface area contributed by atoms with Gasteiger partial charge < -0.3 is 9.84 Å². The number of esters is 1. The lowest BCUT2D eigenvalue weighted by molar-refractivity contribution is -0.421. The first-order valence-corrected chi connectivity index (χ1v) is 10.7. The molecule has 2 aliphatic rings. The predicted molar refractivity (Wildman–Crippen MR) is 94.5 cm³/mol. The summed E-state index contributed by atoms with van der Waals surface area (Å²) >= 11 is 0. The Morgan fingerprint density at radius 2 is 1.31 bits per heavy atom. The fourth-order valence-corrected chi connectivity index (χ4v) is 6.84. The predicted octanol–water partition coefficient (Wildman–Crippen LogP) is 6.74. The molecule has 2 saturated carbocycles. The first-order chi connectivity index (χ1) is 15.5. The summed E-state index contributed by atoms with van der Waals surface area (Å²) < 4.78 is 171. The Balaban J connectivity index is 2.89. The summed E-state index contributed by atoms with van der Waals surface area (Å²) in [6, 6.07) is 0. The number of halogens is 12. The van der Waals surface area contributed by atoms with Crippen molar-refractivity contribution in [2.24, 2.45) is 29.1 Å². The van der Waals surface area contributed by atoms with Crippen LogP contribution in [-0.4, -0.2) is 47.0 Å². The van der Waals surface area contributed by atoms with Gasteiger partial charge in [0.15, 0.2) is 0 Å². The molecule has 0 aliphatic heterocycles. The third-order valence-electron chi connectivity index (χ3n) is 7.87. The van der Waals surface area contributed by atoms with Crippen molar-refractivity contribution in [2.75, 3.05) is 0 Å². The van der Waals surface area contributed by atoms with Gasteiger partial charge in [-0.05, 0) is 36.5 Å². The Labute approximate surface area is 192 Å². The van der Waals surface area contributed by atoms with Crippen LogP contribution in [0.25, 0.3) is 0 Å². The Hall–Kier alpha value is -1.41. The first-order valence-electron chi connectivity index (χ1n) is 10.7. The van der Waals surface area contributed by atoms with Crippen LogP contribution in [0.4, 0.5) is 52.7 Å². The van der Waals surface area contributed by atoms with Gasteiger partial charge in [-0.2, -0.15) is 52.7 Å². The van der Waals surface area contributed by atoms with Gasteiger partial charge in [0, 0.05) is 18.8 Å². The van der Waals surface area contributed by atoms with Crippen molar-refractivity contribution in [1.82, 2.24) is 0 Å². The second-order valence-electron chi connectivity index (χ2n) is 9.35. The van der Waals surface area contributed by atoms with E-state index in [1.165, 1.54) is 6.92 Å². The SMILES string of the molecule is CCC1C2CC(CC(OC(C)=O)(C(F)(F)F)C(F)(F)F)C(C(O)(C(F)(F)F)C(F)(F)F)(C2)C1CC. The van der Waals surface area contributed by atoms with Gasteiger partial charge in [-0.25, -0.2) is 0 Å². The van der Waals surface area contributed by atoms with E-state index < -0.39 is 96.6 Å². The molecular weight excluding hydrogens is 516 g/mol. The maximum atomic E-state index is 14.0. The van der Waals surface area contributed by atoms with Gasteiger partial charge in [0.05, 0.1) is 0 Å². The molecule has 0 aromatic rings. The largest absolute Gasteiger partial charge is 0.440 e. The van der Waals surface area contributed by atoms with Crippen molar-refractivity contribution in [1.29, 1.82) is 0 Å². The third kappa shape index (κ3) is 4.07. The zero-order valence-electron chi connectivity index (χ0n) is 18.6. The van der Waals surface area contributed by atoms with Crippen molar-refractivity contribution in [3.05, 3.63) is 0 Å². The number of aliphatic hydroxyl groups is 1. The van der Waals surface area contributed by atoms with Crippen LogP contribution in [0.1, 0.15) is 52.9 Å². The molecule has 2 bridgehead atoms. The topological polar surface area (TPSA) is 46.5 Å². The molecule has 1 N–H and O–H groups in total. The number of rotatable bonds is 6. The smallest absolute Gasteiger partial charge is 0.437 e. The van der Waals surface area contributed by atoms with E-state index >= 15 is 0 Å². The number of ether oxygens (including phenoxy) is 1. The molecule has 2 rings (SSSR count). The molecular formula is C20H24F12O3. The molecule has 2 fully saturated rings. The van der Waals surface area contributed by atoms with E-state index in [1.54, 1.807) is 0 Å². The molecule has 15 heteroatoms. The van der Waals surface area contributed by atoms with Gasteiger partial charge in [-0.1, -0.05) is 26.7 Å². The number of hydrogen-bond donors (Lipinski definition) is 1. The highest BCUT2D eigenvalue weighted by Gasteiger charge is 2.87. The average molecular weight is 540 g/mol. The Morgan fingerprint density at radius 3 is 1.63 bits per heavy atom. The summed E-state index contributed by atoms with van der Waals surface area (Å²) in [4.78, 5) is 11.3. The standard InChI is InChI=1S/C20H24F12O3/c1-4-12-10-6-11(8-15(17(21,22)23,18(24,25)26)35-9(3)33)14(7-10,13(12)5-2)16(34,19(27,28)29)20(30,31)32/h10-13,34H,4-8H2,1-3H3. The molecule has 0 saturated heterocycles.